The molecular formula is C56H83N5O10. The minimum absolute atomic E-state index is 0.00827. The number of hydrogen-bond donors (Lipinski definition) is 9. The van der Waals surface area contributed by atoms with Gasteiger partial charge in [-0.3, -0.25) is 28.8 Å². The topological polar surface area (TPSA) is 243 Å². The molecule has 0 spiro atoms. The van der Waals surface area contributed by atoms with Crippen molar-refractivity contribution in [3.63, 3.8) is 0 Å². The summed E-state index contributed by atoms with van der Waals surface area (Å²) in [5.41, 5.74) is 1.11. The van der Waals surface area contributed by atoms with E-state index in [1.54, 1.807) is 62.4 Å². The Kier molecular flexibility index (Phi) is 18.6. The van der Waals surface area contributed by atoms with Gasteiger partial charge in [-0.15, -0.1) is 0 Å². The fourth-order valence-corrected chi connectivity index (χ4v) is 13.6. The molecule has 0 heterocycles. The van der Waals surface area contributed by atoms with Gasteiger partial charge in [0.15, 0.2) is 0 Å². The summed E-state index contributed by atoms with van der Waals surface area (Å²) in [6, 6.07) is 12.3. The molecule has 0 unspecified atom stereocenters. The molecule has 16 atom stereocenters. The van der Waals surface area contributed by atoms with Gasteiger partial charge in [-0.05, 0) is 134 Å². The van der Waals surface area contributed by atoms with Crippen LogP contribution in [-0.4, -0.2) is 104 Å². The molecule has 15 nitrogen and oxygen atoms in total. The Hall–Kier alpha value is -4.86. The van der Waals surface area contributed by atoms with Crippen LogP contribution in [0.4, 0.5) is 0 Å². The zero-order valence-electron chi connectivity index (χ0n) is 43.2. The van der Waals surface area contributed by atoms with Gasteiger partial charge in [0.2, 0.25) is 29.5 Å². The third-order valence-corrected chi connectivity index (χ3v) is 17.3. The zero-order chi connectivity index (χ0) is 51.9. The summed E-state index contributed by atoms with van der Waals surface area (Å²) >= 11 is 0. The number of hydrogen-bond acceptors (Lipinski definition) is 9. The normalized spacial score (nSPS) is 30.5. The van der Waals surface area contributed by atoms with Crippen LogP contribution in [0.3, 0.4) is 0 Å². The smallest absolute Gasteiger partial charge is 0.325 e. The number of nitrogens with one attached hydrogen (secondary N) is 5. The van der Waals surface area contributed by atoms with E-state index in [4.69, 9.17) is 0 Å². The van der Waals surface area contributed by atoms with Crippen molar-refractivity contribution in [2.24, 2.45) is 58.2 Å². The third kappa shape index (κ3) is 13.2. The Labute approximate surface area is 420 Å². The Morgan fingerprint density at radius 3 is 1.77 bits per heavy atom. The van der Waals surface area contributed by atoms with Crippen molar-refractivity contribution in [1.29, 1.82) is 0 Å². The lowest BCUT2D eigenvalue weighted by molar-refractivity contribution is -0.213. The first-order valence-corrected chi connectivity index (χ1v) is 26.4. The van der Waals surface area contributed by atoms with Gasteiger partial charge in [0, 0.05) is 19.3 Å². The first-order valence-electron chi connectivity index (χ1n) is 26.4. The molecule has 71 heavy (non-hydrogen) atoms. The lowest BCUT2D eigenvalue weighted by Crippen LogP contribution is -2.63. The average Bonchev–Trinajstić information content (AvgIpc) is 3.66. The molecule has 5 amide bonds. The van der Waals surface area contributed by atoms with E-state index in [0.29, 0.717) is 32.1 Å². The van der Waals surface area contributed by atoms with E-state index >= 15 is 0 Å². The quantitative estimate of drug-likeness (QED) is 0.0804. The Balaban J connectivity index is 1.10. The lowest BCUT2D eigenvalue weighted by Gasteiger charge is -2.63. The van der Waals surface area contributed by atoms with Crippen molar-refractivity contribution in [3.8, 4) is 0 Å². The SMILES string of the molecule is CC(C)C[C@@H](NC(=O)CC[C@@H](C)[C@H]1CC[C@H]2[C@H]3[C@H]([C@H](O)C[C@]12C)[C@@]1(C)CC[C@@H](O)C[C@H]1C[C@H]3O)C(=O)N[C@@H](C(=O)N[C@H](Cc1ccccc1)C(=O)N[C@H](Cc1ccccc1)C(=O)N[C@H](C)C(=O)O)C(C)C. The highest BCUT2D eigenvalue weighted by molar-refractivity contribution is 5.96. The number of benzene rings is 2. The molecule has 0 bridgehead atoms. The van der Waals surface area contributed by atoms with E-state index in [2.05, 4.69) is 47.4 Å². The van der Waals surface area contributed by atoms with E-state index < -0.39 is 77.9 Å². The predicted molar refractivity (Wildman–Crippen MR) is 270 cm³/mol. The number of carbonyl (C=O) groups is 6. The molecule has 392 valence electrons. The van der Waals surface area contributed by atoms with E-state index in [0.717, 1.165) is 36.8 Å². The maximum atomic E-state index is 14.3. The number of aliphatic carboxylic acids is 1. The lowest BCUT2D eigenvalue weighted by atomic mass is 9.43. The Morgan fingerprint density at radius 2 is 1.21 bits per heavy atom. The molecule has 4 aliphatic carbocycles. The van der Waals surface area contributed by atoms with Crippen molar-refractivity contribution >= 4 is 35.5 Å². The second-order valence-electron chi connectivity index (χ2n) is 23.2. The standard InChI is InChI=1S/C56H83N5O10/c1-31(2)25-41(58-46(65)22-19-33(5)39-20-21-40-47-44(63)29-37-28-38(62)23-24-55(37,7)48(47)45(64)30-56(39,40)8)52(68)61-49(32(3)4)53(69)60-43(27-36-17-13-10-14-18-36)51(67)59-42(26-35-15-11-9-12-16-35)50(66)57-34(6)54(70)71/h9-18,31-34,37-45,47-49,62-64H,19-30H2,1-8H3,(H,57,66)(H,58,65)(H,59,67)(H,60,69)(H,61,68)(H,70,71)/t33-,34-,37+,38-,39-,40+,41-,42-,43-,44-,45-,47-,48+,49-,55+,56-/m1/s1. The summed E-state index contributed by atoms with van der Waals surface area (Å²) in [6.45, 7) is 15.5. The van der Waals surface area contributed by atoms with Crippen molar-refractivity contribution in [2.45, 2.75) is 181 Å². The number of rotatable bonds is 21. The van der Waals surface area contributed by atoms with Crippen LogP contribution in [-0.2, 0) is 41.6 Å². The first kappa shape index (κ1) is 55.5. The number of carbonyl (C=O) groups excluding carboxylic acids is 5. The largest absolute Gasteiger partial charge is 0.480 e. The summed E-state index contributed by atoms with van der Waals surface area (Å²) in [4.78, 5) is 81.6. The number of carboxylic acids is 1. The van der Waals surface area contributed by atoms with E-state index in [-0.39, 0.29) is 83.5 Å². The van der Waals surface area contributed by atoms with Gasteiger partial charge in [-0.2, -0.15) is 0 Å². The first-order chi connectivity index (χ1) is 33.5. The molecule has 2 aromatic rings. The molecule has 9 N–H and O–H groups in total. The monoisotopic (exact) mass is 986 g/mol. The summed E-state index contributed by atoms with van der Waals surface area (Å²) in [5, 5.41) is 57.6. The van der Waals surface area contributed by atoms with E-state index in [1.807, 2.05) is 26.0 Å². The van der Waals surface area contributed by atoms with Crippen LogP contribution in [0.15, 0.2) is 60.7 Å². The molecule has 0 saturated heterocycles. The molecule has 6 rings (SSSR count). The van der Waals surface area contributed by atoms with Crippen LogP contribution in [0.2, 0.25) is 0 Å². The second kappa shape index (κ2) is 23.8. The van der Waals surface area contributed by atoms with E-state index in [9.17, 15) is 49.2 Å². The molecule has 4 fully saturated rings. The average molecular weight is 986 g/mol. The second-order valence-corrected chi connectivity index (χ2v) is 23.2. The van der Waals surface area contributed by atoms with Crippen molar-refractivity contribution in [1.82, 2.24) is 26.6 Å². The molecule has 4 aliphatic rings. The van der Waals surface area contributed by atoms with Crippen LogP contribution in [0, 0.1) is 58.2 Å². The molecular weight excluding hydrogens is 903 g/mol. The van der Waals surface area contributed by atoms with Gasteiger partial charge in [0.25, 0.3) is 0 Å². The third-order valence-electron chi connectivity index (χ3n) is 17.3. The maximum absolute atomic E-state index is 14.3. The number of carboxylic acid groups (broad SMARTS) is 1. The summed E-state index contributed by atoms with van der Waals surface area (Å²) in [7, 11) is 0. The highest BCUT2D eigenvalue weighted by atomic mass is 16.4. The van der Waals surface area contributed by atoms with Crippen molar-refractivity contribution in [2.75, 3.05) is 0 Å². The van der Waals surface area contributed by atoms with Gasteiger partial charge < -0.3 is 47.0 Å². The van der Waals surface area contributed by atoms with Gasteiger partial charge >= 0.3 is 5.97 Å². The summed E-state index contributed by atoms with van der Waals surface area (Å²) in [6.07, 6.45) is 5.21. The van der Waals surface area contributed by atoms with Gasteiger partial charge in [-0.1, -0.05) is 109 Å². The highest BCUT2D eigenvalue weighted by Gasteiger charge is 2.65. The van der Waals surface area contributed by atoms with Crippen molar-refractivity contribution < 1.29 is 49.2 Å². The highest BCUT2D eigenvalue weighted by Crippen LogP contribution is 2.68. The predicted octanol–water partition coefficient (Wildman–Crippen LogP) is 5.08. The molecule has 0 aliphatic heterocycles. The van der Waals surface area contributed by atoms with Crippen LogP contribution >= 0.6 is 0 Å². The summed E-state index contributed by atoms with van der Waals surface area (Å²) in [5.74, 6) is -3.71. The van der Waals surface area contributed by atoms with Crippen LogP contribution in [0.5, 0.6) is 0 Å². The Morgan fingerprint density at radius 1 is 0.648 bits per heavy atom. The number of aliphatic hydroxyl groups excluding tert-OH is 3. The zero-order valence-corrected chi connectivity index (χ0v) is 43.2. The molecule has 4 saturated carbocycles. The van der Waals surface area contributed by atoms with Gasteiger partial charge in [0.1, 0.15) is 30.2 Å². The summed E-state index contributed by atoms with van der Waals surface area (Å²) < 4.78 is 0. The number of aliphatic hydroxyl groups is 3. The van der Waals surface area contributed by atoms with Gasteiger partial charge in [0.05, 0.1) is 18.3 Å². The minimum Gasteiger partial charge on any atom is -0.480 e. The van der Waals surface area contributed by atoms with E-state index in [1.165, 1.54) is 6.92 Å². The molecule has 2 aromatic carbocycles. The maximum Gasteiger partial charge on any atom is 0.325 e. The number of fused-ring (bicyclic) bond motifs is 5. The molecule has 15 heteroatoms. The van der Waals surface area contributed by atoms with Crippen molar-refractivity contribution in [3.05, 3.63) is 71.8 Å². The minimum atomic E-state index is -1.24. The van der Waals surface area contributed by atoms with Crippen LogP contribution in [0.1, 0.15) is 131 Å². The fraction of sp³-hybridized carbons (Fsp3) is 0.679. The number of amides is 5. The van der Waals surface area contributed by atoms with Crippen LogP contribution in [0.25, 0.3) is 0 Å². The van der Waals surface area contributed by atoms with Crippen LogP contribution < -0.4 is 26.6 Å². The molecule has 0 radical (unpaired) electrons. The molecule has 0 aromatic heterocycles. The van der Waals surface area contributed by atoms with Gasteiger partial charge in [-0.25, -0.2) is 0 Å². The Bertz CT molecular complexity index is 2160. The fourth-order valence-electron chi connectivity index (χ4n) is 13.6.